The molecular formula is C26H21BrIN3O4. The summed E-state index contributed by atoms with van der Waals surface area (Å²) < 4.78 is 13.1. The highest BCUT2D eigenvalue weighted by Gasteiger charge is 2.14. The number of halogens is 2. The van der Waals surface area contributed by atoms with Gasteiger partial charge in [0, 0.05) is 15.5 Å². The van der Waals surface area contributed by atoms with E-state index in [1.807, 2.05) is 44.2 Å². The van der Waals surface area contributed by atoms with Crippen LogP contribution in [0.1, 0.15) is 27.2 Å². The van der Waals surface area contributed by atoms with Crippen molar-refractivity contribution < 1.29 is 18.7 Å². The van der Waals surface area contributed by atoms with Crippen LogP contribution in [-0.4, -0.2) is 24.6 Å². The summed E-state index contributed by atoms with van der Waals surface area (Å²) in [6, 6.07) is 18.3. The van der Waals surface area contributed by atoms with Gasteiger partial charge in [-0.2, -0.15) is 5.10 Å². The number of hydrogen-bond donors (Lipinski definition) is 2. The number of aryl methyl sites for hydroxylation is 2. The Bertz CT molecular complexity index is 1450. The highest BCUT2D eigenvalue weighted by molar-refractivity contribution is 14.1. The molecule has 0 unspecified atom stereocenters. The average molecular weight is 646 g/mol. The van der Waals surface area contributed by atoms with E-state index >= 15 is 0 Å². The lowest BCUT2D eigenvalue weighted by Gasteiger charge is -2.09. The number of benzene rings is 3. The van der Waals surface area contributed by atoms with E-state index in [1.54, 1.807) is 30.3 Å². The molecule has 0 saturated heterocycles. The van der Waals surface area contributed by atoms with E-state index in [0.717, 1.165) is 30.2 Å². The monoisotopic (exact) mass is 645 g/mol. The molecule has 7 nitrogen and oxygen atoms in total. The number of furan rings is 1. The number of nitrogens with zero attached hydrogens (tertiary/aromatic N) is 1. The van der Waals surface area contributed by atoms with Crippen LogP contribution in [-0.2, 0) is 4.79 Å². The molecule has 0 aliphatic carbocycles. The van der Waals surface area contributed by atoms with Gasteiger partial charge < -0.3 is 14.5 Å². The zero-order chi connectivity index (χ0) is 24.9. The van der Waals surface area contributed by atoms with Crippen LogP contribution in [0, 0.1) is 17.4 Å². The topological polar surface area (TPSA) is 92.9 Å². The molecule has 178 valence electrons. The maximum absolute atomic E-state index is 12.4. The van der Waals surface area contributed by atoms with E-state index in [-0.39, 0.29) is 18.3 Å². The number of amides is 2. The molecule has 0 atom stereocenters. The van der Waals surface area contributed by atoms with Gasteiger partial charge in [0.25, 0.3) is 5.91 Å². The lowest BCUT2D eigenvalue weighted by molar-refractivity contribution is -0.118. The summed E-state index contributed by atoms with van der Waals surface area (Å²) in [7, 11) is 0. The standard InChI is InChI=1S/C26H21BrIN3O4/c1-15-6-7-20(8-16(15)2)30-24(32)14-34-21-5-3-4-17(9-21)13-29-31-26(33)23-11-18-10-19(27)12-22(28)25(18)35-23/h3-13H,14H2,1-2H3,(H,30,32)(H,31,33)/b29-13-. The number of rotatable bonds is 7. The number of nitrogens with one attached hydrogen (secondary N) is 2. The number of anilines is 1. The molecule has 1 aromatic heterocycles. The predicted molar refractivity (Wildman–Crippen MR) is 148 cm³/mol. The zero-order valence-corrected chi connectivity index (χ0v) is 22.6. The van der Waals surface area contributed by atoms with Gasteiger partial charge in [0.2, 0.25) is 0 Å². The molecule has 4 rings (SSSR count). The number of carbonyl (C=O) groups is 2. The number of hydrazone groups is 1. The third-order valence-corrected chi connectivity index (χ3v) is 6.42. The minimum atomic E-state index is -0.459. The maximum atomic E-state index is 12.4. The van der Waals surface area contributed by atoms with E-state index in [4.69, 9.17) is 9.15 Å². The fourth-order valence-corrected chi connectivity index (χ4v) is 4.92. The van der Waals surface area contributed by atoms with E-state index in [2.05, 4.69) is 54.4 Å². The molecule has 1 heterocycles. The second-order valence-corrected chi connectivity index (χ2v) is 9.90. The molecule has 3 aromatic carbocycles. The first kappa shape index (κ1) is 24.9. The Hall–Kier alpha value is -3.18. The lowest BCUT2D eigenvalue weighted by atomic mass is 10.1. The highest BCUT2D eigenvalue weighted by atomic mass is 127. The Morgan fingerprint density at radius 1 is 1.09 bits per heavy atom. The van der Waals surface area contributed by atoms with E-state index < -0.39 is 5.91 Å². The Kier molecular flexibility index (Phi) is 7.86. The van der Waals surface area contributed by atoms with Gasteiger partial charge in [-0.3, -0.25) is 9.59 Å². The third-order valence-electron chi connectivity index (χ3n) is 5.16. The van der Waals surface area contributed by atoms with Crippen molar-refractivity contribution >= 4 is 73.2 Å². The van der Waals surface area contributed by atoms with Crippen LogP contribution in [0.25, 0.3) is 11.0 Å². The lowest BCUT2D eigenvalue weighted by Crippen LogP contribution is -2.20. The molecule has 0 spiro atoms. The van der Waals surface area contributed by atoms with Crippen LogP contribution in [0.4, 0.5) is 5.69 Å². The quantitative estimate of drug-likeness (QED) is 0.142. The number of carbonyl (C=O) groups excluding carboxylic acids is 2. The summed E-state index contributed by atoms with van der Waals surface area (Å²) in [6.07, 6.45) is 1.49. The Labute approximate surface area is 224 Å². The van der Waals surface area contributed by atoms with Gasteiger partial charge in [0.1, 0.15) is 11.3 Å². The van der Waals surface area contributed by atoms with E-state index in [0.29, 0.717) is 16.9 Å². The second-order valence-electron chi connectivity index (χ2n) is 7.82. The largest absolute Gasteiger partial charge is 0.484 e. The summed E-state index contributed by atoms with van der Waals surface area (Å²) in [6.45, 7) is 3.88. The van der Waals surface area contributed by atoms with Gasteiger partial charge in [-0.15, -0.1) is 0 Å². The first-order chi connectivity index (χ1) is 16.8. The molecule has 2 amide bonds. The Balaban J connectivity index is 1.32. The molecule has 4 aromatic rings. The van der Waals surface area contributed by atoms with Crippen LogP contribution < -0.4 is 15.5 Å². The van der Waals surface area contributed by atoms with Gasteiger partial charge in [0.15, 0.2) is 12.4 Å². The molecule has 0 radical (unpaired) electrons. The van der Waals surface area contributed by atoms with Crippen molar-refractivity contribution in [2.45, 2.75) is 13.8 Å². The van der Waals surface area contributed by atoms with Crippen molar-refractivity contribution in [3.05, 3.63) is 91.2 Å². The first-order valence-electron chi connectivity index (χ1n) is 10.6. The fraction of sp³-hybridized carbons (Fsp3) is 0.115. The smallest absolute Gasteiger partial charge is 0.307 e. The van der Waals surface area contributed by atoms with Gasteiger partial charge in [-0.25, -0.2) is 5.43 Å². The molecule has 35 heavy (non-hydrogen) atoms. The Morgan fingerprint density at radius 2 is 1.91 bits per heavy atom. The van der Waals surface area contributed by atoms with Crippen molar-refractivity contribution in [2.24, 2.45) is 5.10 Å². The number of fused-ring (bicyclic) bond motifs is 1. The van der Waals surface area contributed by atoms with Crippen molar-refractivity contribution in [2.75, 3.05) is 11.9 Å². The molecule has 9 heteroatoms. The molecule has 2 N–H and O–H groups in total. The maximum Gasteiger partial charge on any atom is 0.307 e. The van der Waals surface area contributed by atoms with E-state index in [9.17, 15) is 9.59 Å². The normalized spacial score (nSPS) is 11.1. The SMILES string of the molecule is Cc1ccc(NC(=O)COc2cccc(/C=N\NC(=O)c3cc4cc(Br)cc(I)c4o3)c2)cc1C. The average Bonchev–Trinajstić information content (AvgIpc) is 3.25. The summed E-state index contributed by atoms with van der Waals surface area (Å²) in [5.74, 6) is -0.0418. The molecule has 0 saturated carbocycles. The van der Waals surface area contributed by atoms with Crippen LogP contribution in [0.15, 0.2) is 74.7 Å². The van der Waals surface area contributed by atoms with Crippen LogP contribution in [0.5, 0.6) is 5.75 Å². The minimum Gasteiger partial charge on any atom is -0.484 e. The zero-order valence-electron chi connectivity index (χ0n) is 18.9. The second kappa shape index (κ2) is 11.0. The van der Waals surface area contributed by atoms with Gasteiger partial charge in [-0.05, 0) is 95.6 Å². The van der Waals surface area contributed by atoms with Crippen molar-refractivity contribution in [3.63, 3.8) is 0 Å². The summed E-state index contributed by atoms with van der Waals surface area (Å²) >= 11 is 5.59. The van der Waals surface area contributed by atoms with Crippen LogP contribution in [0.2, 0.25) is 0 Å². The summed E-state index contributed by atoms with van der Waals surface area (Å²) in [4.78, 5) is 24.7. The summed E-state index contributed by atoms with van der Waals surface area (Å²) in [5.41, 5.74) is 6.80. The van der Waals surface area contributed by atoms with Crippen LogP contribution in [0.3, 0.4) is 0 Å². The van der Waals surface area contributed by atoms with Crippen molar-refractivity contribution in [3.8, 4) is 5.75 Å². The van der Waals surface area contributed by atoms with Gasteiger partial charge in [0.05, 0.1) is 9.78 Å². The van der Waals surface area contributed by atoms with Gasteiger partial charge >= 0.3 is 5.91 Å². The van der Waals surface area contributed by atoms with Crippen molar-refractivity contribution in [1.82, 2.24) is 5.43 Å². The molecule has 0 aliphatic heterocycles. The predicted octanol–water partition coefficient (Wildman–Crippen LogP) is 6.20. The van der Waals surface area contributed by atoms with Crippen LogP contribution >= 0.6 is 38.5 Å². The summed E-state index contributed by atoms with van der Waals surface area (Å²) in [5, 5.41) is 7.65. The molecule has 0 bridgehead atoms. The third kappa shape index (κ3) is 6.49. The number of hydrogen-bond acceptors (Lipinski definition) is 5. The molecule has 0 fully saturated rings. The van der Waals surface area contributed by atoms with E-state index in [1.165, 1.54) is 6.21 Å². The van der Waals surface area contributed by atoms with Gasteiger partial charge in [-0.1, -0.05) is 34.1 Å². The van der Waals surface area contributed by atoms with Crippen molar-refractivity contribution in [1.29, 1.82) is 0 Å². The highest BCUT2D eigenvalue weighted by Crippen LogP contribution is 2.28. The minimum absolute atomic E-state index is 0.134. The molecule has 0 aliphatic rings. The number of ether oxygens (including phenoxy) is 1. The fourth-order valence-electron chi connectivity index (χ4n) is 3.26. The first-order valence-corrected chi connectivity index (χ1v) is 12.5. The molecular weight excluding hydrogens is 625 g/mol. The Morgan fingerprint density at radius 3 is 2.71 bits per heavy atom.